The number of nitrogens with one attached hydrogen (secondary N) is 7. The molecule has 0 spiro atoms. The molecule has 1 atom stereocenters. The largest absolute Gasteiger partial charge is 1.00 e. The normalized spacial score (nSPS) is 13.1. The first kappa shape index (κ1) is 58.5. The number of fused-ring (bicyclic) bond motifs is 2. The molecule has 1 fully saturated rings. The first-order valence-corrected chi connectivity index (χ1v) is 26.7. The average Bonchev–Trinajstić information content (AvgIpc) is 4.14. The number of aromatic nitrogens is 4. The molecule has 1 saturated heterocycles. The van der Waals surface area contributed by atoms with Gasteiger partial charge in [-0.25, -0.2) is 53.9 Å². The molecule has 0 saturated carbocycles. The van der Waals surface area contributed by atoms with Crippen LogP contribution in [0.4, 0.5) is 41.1 Å². The van der Waals surface area contributed by atoms with Gasteiger partial charge in [0.05, 0.1) is 59.3 Å². The van der Waals surface area contributed by atoms with Crippen molar-refractivity contribution >= 4 is 123 Å². The number of nitrogens with zero attached hydrogens (tertiary/aromatic N) is 3. The molecule has 388 valence electrons. The van der Waals surface area contributed by atoms with Crippen molar-refractivity contribution in [2.45, 2.75) is 34.3 Å². The van der Waals surface area contributed by atoms with Crippen molar-refractivity contribution < 1.29 is 91.3 Å². The Kier molecular flexibility index (Phi) is 19.4. The predicted octanol–water partition coefficient (Wildman–Crippen LogP) is 5.14. The van der Waals surface area contributed by atoms with Crippen LogP contribution in [0.5, 0.6) is 0 Å². The number of carbonyl (C=O) groups excluding carboxylic acids is 2. The fourth-order valence-electron chi connectivity index (χ4n) is 6.96. The smallest absolute Gasteiger partial charge is 0.424 e. The SMILES string of the molecule is CC1CCCO1.CNc1cc2[nH]c(=O)n(-c3ccc(NC(=O)NS(=O)(=O)c4ccc(Cl)s4)cc3)c(=O)c2cc1F.CNc1cc2[nH]c(=O)n(-c3ccc(NC(=O)[N-]S(=O)(=O)c4ccc(Cl)s4)cc3)c(=O)c2cc1F.[K+]. The van der Waals surface area contributed by atoms with Crippen LogP contribution >= 0.6 is 45.9 Å². The minimum absolute atomic E-state index is 0. The van der Waals surface area contributed by atoms with Crippen molar-refractivity contribution in [2.75, 3.05) is 42.0 Å². The van der Waals surface area contributed by atoms with Gasteiger partial charge in [-0.15, -0.1) is 22.7 Å². The second-order valence-corrected chi connectivity index (χ2v) is 22.7. The van der Waals surface area contributed by atoms with Crippen LogP contribution in [0.25, 0.3) is 37.9 Å². The van der Waals surface area contributed by atoms with Crippen LogP contribution in [0, 0.1) is 11.6 Å². The molecule has 0 bridgehead atoms. The summed E-state index contributed by atoms with van der Waals surface area (Å²) < 4.78 is 89.0. The standard InChI is InChI=1S/2C20H15ClFN5O5S2.C5H10O.K/c2*1-23-15-9-14-12(8-13(15)22)18(28)27(20(30)25-14)11-4-2-10(3-5-11)24-19(29)26-34(31,32)17-7-6-16(21)33-17;1-5-3-2-4-6-5;/h2-9H,1H3,(H4,23,24,25,26,28,29,30);2-9,23H,1H3,(H,25,30)(H2,24,26,29);5H,2-4H2,1H3;/q;;;+1/p-1. The van der Waals surface area contributed by atoms with Crippen LogP contribution in [0.1, 0.15) is 19.8 Å². The summed E-state index contributed by atoms with van der Waals surface area (Å²) in [4.78, 5) is 80.0. The van der Waals surface area contributed by atoms with Gasteiger partial charge < -0.3 is 40.7 Å². The molecule has 0 radical (unpaired) electrons. The van der Waals surface area contributed by atoms with Gasteiger partial charge in [-0.05, 0) is 110 Å². The van der Waals surface area contributed by atoms with Crippen LogP contribution in [0.2, 0.25) is 8.67 Å². The maximum atomic E-state index is 14.1. The minimum Gasteiger partial charge on any atom is -0.424 e. The second kappa shape index (κ2) is 24.9. The van der Waals surface area contributed by atoms with Gasteiger partial charge in [0.25, 0.3) is 21.1 Å². The van der Waals surface area contributed by atoms with E-state index in [1.807, 2.05) is 4.72 Å². The molecule has 4 aromatic carbocycles. The molecule has 4 amide bonds. The van der Waals surface area contributed by atoms with Crippen molar-refractivity contribution in [3.05, 3.63) is 164 Å². The van der Waals surface area contributed by atoms with E-state index in [0.29, 0.717) is 6.10 Å². The Morgan fingerprint density at radius 3 is 1.53 bits per heavy atom. The van der Waals surface area contributed by atoms with Crippen molar-refractivity contribution in [1.29, 1.82) is 0 Å². The van der Waals surface area contributed by atoms with Gasteiger partial charge in [-0.2, -0.15) is 0 Å². The van der Waals surface area contributed by atoms with Gasteiger partial charge >= 0.3 is 68.8 Å². The third-order valence-electron chi connectivity index (χ3n) is 10.5. The number of thiophene rings is 2. The maximum Gasteiger partial charge on any atom is 1.00 e. The number of ether oxygens (including phenoxy) is 1. The zero-order valence-corrected chi connectivity index (χ0v) is 47.3. The van der Waals surface area contributed by atoms with Gasteiger partial charge in [-0.3, -0.25) is 14.4 Å². The molecular weight excluding hydrogens is 1130 g/mol. The van der Waals surface area contributed by atoms with Gasteiger partial charge in [0.2, 0.25) is 10.0 Å². The molecule has 1 aliphatic rings. The fraction of sp³-hybridized carbons (Fsp3) is 0.156. The van der Waals surface area contributed by atoms with Crippen LogP contribution in [0.15, 0.2) is 125 Å². The quantitative estimate of drug-likeness (QED) is 0.0874. The molecule has 9 rings (SSSR count). The van der Waals surface area contributed by atoms with E-state index < -0.39 is 66.2 Å². The zero-order valence-electron chi connectivity index (χ0n) is 39.4. The van der Waals surface area contributed by atoms with E-state index in [1.165, 1.54) is 112 Å². The molecule has 4 aromatic heterocycles. The van der Waals surface area contributed by atoms with Gasteiger partial charge in [-0.1, -0.05) is 35.3 Å². The van der Waals surface area contributed by atoms with E-state index in [-0.39, 0.29) is 124 Å². The van der Waals surface area contributed by atoms with Crippen LogP contribution in [0.3, 0.4) is 0 Å². The van der Waals surface area contributed by atoms with E-state index in [9.17, 15) is 54.4 Å². The predicted molar refractivity (Wildman–Crippen MR) is 282 cm³/mol. The van der Waals surface area contributed by atoms with Crippen LogP contribution < -0.4 is 99.9 Å². The summed E-state index contributed by atoms with van der Waals surface area (Å²) in [7, 11) is -5.32. The van der Waals surface area contributed by atoms with Crippen molar-refractivity contribution in [3.63, 3.8) is 0 Å². The van der Waals surface area contributed by atoms with Gasteiger partial charge in [0, 0.05) is 26.4 Å². The number of hydrogen-bond acceptors (Lipinski definition) is 15. The Hall–Kier alpha value is -5.76. The molecule has 75 heavy (non-hydrogen) atoms. The van der Waals surface area contributed by atoms with E-state index in [2.05, 4.69) is 42.9 Å². The number of carbonyl (C=O) groups is 2. The number of sulfonamides is 2. The molecule has 1 unspecified atom stereocenters. The molecular formula is C45H39Cl2F2KN10O11S4. The average molecular weight is 1170 g/mol. The first-order chi connectivity index (χ1) is 35.1. The summed E-state index contributed by atoms with van der Waals surface area (Å²) in [6.07, 6.45) is 3.08. The number of rotatable bonds is 10. The Bertz CT molecular complexity index is 3680. The molecule has 5 heterocycles. The summed E-state index contributed by atoms with van der Waals surface area (Å²) in [5, 5.41) is 9.83. The van der Waals surface area contributed by atoms with Gasteiger partial charge in [0.1, 0.15) is 20.1 Å². The third kappa shape index (κ3) is 14.2. The summed E-state index contributed by atoms with van der Waals surface area (Å²) in [5.74, 6) is -1.32. The number of amides is 4. The van der Waals surface area contributed by atoms with Gasteiger partial charge in [0.15, 0.2) is 6.03 Å². The maximum absolute atomic E-state index is 14.1. The summed E-state index contributed by atoms with van der Waals surface area (Å²) in [5.41, 5.74) is -1.76. The zero-order chi connectivity index (χ0) is 53.6. The summed E-state index contributed by atoms with van der Waals surface area (Å²) in [6, 6.07) is 18.6. The topological polar surface area (TPSA) is 296 Å². The van der Waals surface area contributed by atoms with E-state index in [4.69, 9.17) is 27.9 Å². The monoisotopic (exact) mass is 1170 g/mol. The Labute approximate surface area is 484 Å². The van der Waals surface area contributed by atoms with Crippen molar-refractivity contribution in [1.82, 2.24) is 23.8 Å². The molecule has 30 heteroatoms. The minimum atomic E-state index is -4.23. The Morgan fingerprint density at radius 2 is 1.15 bits per heavy atom. The van der Waals surface area contributed by atoms with E-state index in [0.717, 1.165) is 50.5 Å². The van der Waals surface area contributed by atoms with Crippen LogP contribution in [-0.2, 0) is 24.8 Å². The summed E-state index contributed by atoms with van der Waals surface area (Å²) in [6.45, 7) is 3.11. The second-order valence-electron chi connectivity index (χ2n) is 15.5. The first-order valence-electron chi connectivity index (χ1n) is 21.4. The van der Waals surface area contributed by atoms with Crippen molar-refractivity contribution in [2.24, 2.45) is 0 Å². The number of aromatic amines is 2. The van der Waals surface area contributed by atoms with Crippen LogP contribution in [-0.4, -0.2) is 74.8 Å². The number of urea groups is 2. The molecule has 21 nitrogen and oxygen atoms in total. The molecule has 1 aliphatic heterocycles. The number of H-pyrrole nitrogens is 2. The molecule has 7 N–H and O–H groups in total. The summed E-state index contributed by atoms with van der Waals surface area (Å²) >= 11 is 13.0. The van der Waals surface area contributed by atoms with E-state index in [1.54, 1.807) is 0 Å². The number of benzene rings is 4. The fourth-order valence-corrected chi connectivity index (χ4v) is 11.7. The van der Waals surface area contributed by atoms with Crippen molar-refractivity contribution in [3.8, 4) is 11.4 Å². The van der Waals surface area contributed by atoms with E-state index >= 15 is 0 Å². The number of anilines is 4. The Morgan fingerprint density at radius 1 is 0.693 bits per heavy atom. The number of hydrogen-bond donors (Lipinski definition) is 7. The Balaban J connectivity index is 0.000000216. The third-order valence-corrected chi connectivity index (χ3v) is 16.5. The molecule has 0 aliphatic carbocycles. The molecule has 8 aromatic rings. The number of halogens is 4.